The number of benzene rings is 1. The molecule has 0 aliphatic carbocycles. The van der Waals surface area contributed by atoms with E-state index in [2.05, 4.69) is 10.1 Å². The van der Waals surface area contributed by atoms with E-state index in [0.717, 1.165) is 11.4 Å². The smallest absolute Gasteiger partial charge is 0.411 e. The molecule has 0 aromatic heterocycles. The Morgan fingerprint density at radius 2 is 1.83 bits per heavy atom. The van der Waals surface area contributed by atoms with E-state index in [4.69, 9.17) is 4.74 Å². The lowest BCUT2D eigenvalue weighted by Gasteiger charge is -2.10. The standard InChI is InChI=1S/C12H16F3NO2/c1-2-18-11-5-3-10(4-6-11)16-7-8-17-9-12(13,14)15/h3-6,16H,2,7-9H2,1H3. The lowest BCUT2D eigenvalue weighted by atomic mass is 10.3. The van der Waals surface area contributed by atoms with Gasteiger partial charge in [-0.15, -0.1) is 0 Å². The number of anilines is 1. The SMILES string of the molecule is CCOc1ccc(NCCOCC(F)(F)F)cc1. The predicted octanol–water partition coefficient (Wildman–Crippen LogP) is 3.08. The molecule has 0 spiro atoms. The lowest BCUT2D eigenvalue weighted by molar-refractivity contribution is -0.172. The van der Waals surface area contributed by atoms with E-state index < -0.39 is 12.8 Å². The van der Waals surface area contributed by atoms with Gasteiger partial charge in [0.1, 0.15) is 12.4 Å². The highest BCUT2D eigenvalue weighted by atomic mass is 19.4. The van der Waals surface area contributed by atoms with Crippen LogP contribution in [0.3, 0.4) is 0 Å². The molecular formula is C12H16F3NO2. The van der Waals surface area contributed by atoms with Crippen LogP contribution in [0.4, 0.5) is 18.9 Å². The van der Waals surface area contributed by atoms with Crippen LogP contribution >= 0.6 is 0 Å². The van der Waals surface area contributed by atoms with Crippen molar-refractivity contribution in [3.05, 3.63) is 24.3 Å². The summed E-state index contributed by atoms with van der Waals surface area (Å²) in [6.45, 7) is 1.61. The van der Waals surface area contributed by atoms with Gasteiger partial charge in [0.15, 0.2) is 0 Å². The molecule has 3 nitrogen and oxygen atoms in total. The van der Waals surface area contributed by atoms with E-state index in [0.29, 0.717) is 13.2 Å². The maximum absolute atomic E-state index is 11.8. The number of halogens is 3. The van der Waals surface area contributed by atoms with Crippen LogP contribution in [0.5, 0.6) is 5.75 Å². The number of nitrogens with one attached hydrogen (secondary N) is 1. The summed E-state index contributed by atoms with van der Waals surface area (Å²) in [6.07, 6.45) is -4.26. The summed E-state index contributed by atoms with van der Waals surface area (Å²) in [5.41, 5.74) is 0.814. The van der Waals surface area contributed by atoms with Crippen molar-refractivity contribution in [2.75, 3.05) is 31.7 Å². The summed E-state index contributed by atoms with van der Waals surface area (Å²) in [6, 6.07) is 7.19. The third-order valence-corrected chi connectivity index (χ3v) is 2.01. The second-order valence-corrected chi connectivity index (χ2v) is 3.55. The molecule has 0 saturated carbocycles. The summed E-state index contributed by atoms with van der Waals surface area (Å²) < 4.78 is 45.0. The molecule has 18 heavy (non-hydrogen) atoms. The molecule has 1 N–H and O–H groups in total. The Hall–Kier alpha value is -1.43. The van der Waals surface area contributed by atoms with Crippen LogP contribution < -0.4 is 10.1 Å². The van der Waals surface area contributed by atoms with Crippen molar-refractivity contribution < 1.29 is 22.6 Å². The van der Waals surface area contributed by atoms with Crippen LogP contribution in [0.25, 0.3) is 0 Å². The van der Waals surface area contributed by atoms with Gasteiger partial charge in [0.25, 0.3) is 0 Å². The fourth-order valence-corrected chi connectivity index (χ4v) is 1.29. The van der Waals surface area contributed by atoms with E-state index in [1.807, 2.05) is 6.92 Å². The van der Waals surface area contributed by atoms with Gasteiger partial charge in [-0.05, 0) is 31.2 Å². The maximum atomic E-state index is 11.8. The third kappa shape index (κ3) is 6.34. The summed E-state index contributed by atoms with van der Waals surface area (Å²) in [7, 11) is 0. The van der Waals surface area contributed by atoms with Crippen LogP contribution in [-0.2, 0) is 4.74 Å². The van der Waals surface area contributed by atoms with Crippen molar-refractivity contribution in [1.82, 2.24) is 0 Å². The van der Waals surface area contributed by atoms with Gasteiger partial charge in [-0.1, -0.05) is 0 Å². The van der Waals surface area contributed by atoms with Gasteiger partial charge in [0, 0.05) is 12.2 Å². The minimum Gasteiger partial charge on any atom is -0.494 e. The van der Waals surface area contributed by atoms with Gasteiger partial charge >= 0.3 is 6.18 Å². The monoisotopic (exact) mass is 263 g/mol. The Labute approximate surface area is 104 Å². The first-order valence-corrected chi connectivity index (χ1v) is 5.62. The van der Waals surface area contributed by atoms with Crippen LogP contribution in [0, 0.1) is 0 Å². The highest BCUT2D eigenvalue weighted by molar-refractivity contribution is 5.46. The molecule has 0 heterocycles. The van der Waals surface area contributed by atoms with E-state index in [1.165, 1.54) is 0 Å². The number of ether oxygens (including phenoxy) is 2. The van der Waals surface area contributed by atoms with Crippen molar-refractivity contribution in [3.63, 3.8) is 0 Å². The normalized spacial score (nSPS) is 11.3. The maximum Gasteiger partial charge on any atom is 0.411 e. The fraction of sp³-hybridized carbons (Fsp3) is 0.500. The Bertz CT molecular complexity index is 338. The second kappa shape index (κ2) is 7.10. The zero-order valence-electron chi connectivity index (χ0n) is 10.1. The number of hydrogen-bond acceptors (Lipinski definition) is 3. The van der Waals surface area contributed by atoms with Crippen molar-refractivity contribution in [3.8, 4) is 5.75 Å². The molecule has 0 atom stereocenters. The average Bonchev–Trinajstić information content (AvgIpc) is 2.30. The molecule has 0 aliphatic heterocycles. The van der Waals surface area contributed by atoms with Crippen LogP contribution in [-0.4, -0.2) is 32.5 Å². The first kappa shape index (κ1) is 14.6. The van der Waals surface area contributed by atoms with Crippen LogP contribution in [0.15, 0.2) is 24.3 Å². The topological polar surface area (TPSA) is 30.5 Å². The quantitative estimate of drug-likeness (QED) is 0.767. The molecule has 0 amide bonds. The van der Waals surface area contributed by atoms with E-state index >= 15 is 0 Å². The minimum atomic E-state index is -4.26. The van der Waals surface area contributed by atoms with Gasteiger partial charge in [-0.3, -0.25) is 0 Å². The molecule has 0 saturated heterocycles. The highest BCUT2D eigenvalue weighted by Crippen LogP contribution is 2.16. The van der Waals surface area contributed by atoms with Gasteiger partial charge in [0.2, 0.25) is 0 Å². The first-order chi connectivity index (χ1) is 8.51. The second-order valence-electron chi connectivity index (χ2n) is 3.55. The Kier molecular flexibility index (Phi) is 5.77. The van der Waals surface area contributed by atoms with Crippen LogP contribution in [0.1, 0.15) is 6.92 Å². The molecular weight excluding hydrogens is 247 g/mol. The van der Waals surface area contributed by atoms with Crippen molar-refractivity contribution in [2.45, 2.75) is 13.1 Å². The predicted molar refractivity (Wildman–Crippen MR) is 63.0 cm³/mol. The fourth-order valence-electron chi connectivity index (χ4n) is 1.29. The minimum absolute atomic E-state index is 0.00667. The molecule has 0 radical (unpaired) electrons. The summed E-state index contributed by atoms with van der Waals surface area (Å²) >= 11 is 0. The zero-order valence-corrected chi connectivity index (χ0v) is 10.1. The van der Waals surface area contributed by atoms with Crippen molar-refractivity contribution in [1.29, 1.82) is 0 Å². The van der Waals surface area contributed by atoms with E-state index in [9.17, 15) is 13.2 Å². The van der Waals surface area contributed by atoms with Gasteiger partial charge in [-0.25, -0.2) is 0 Å². The van der Waals surface area contributed by atoms with E-state index in [-0.39, 0.29) is 6.61 Å². The molecule has 6 heteroatoms. The number of hydrogen-bond donors (Lipinski definition) is 1. The summed E-state index contributed by atoms with van der Waals surface area (Å²) in [5.74, 6) is 0.761. The highest BCUT2D eigenvalue weighted by Gasteiger charge is 2.27. The van der Waals surface area contributed by atoms with Crippen molar-refractivity contribution >= 4 is 5.69 Å². The van der Waals surface area contributed by atoms with Gasteiger partial charge in [0.05, 0.1) is 13.2 Å². The Balaban J connectivity index is 2.19. The molecule has 1 aromatic carbocycles. The van der Waals surface area contributed by atoms with Crippen LogP contribution in [0.2, 0.25) is 0 Å². The largest absolute Gasteiger partial charge is 0.494 e. The first-order valence-electron chi connectivity index (χ1n) is 5.62. The third-order valence-electron chi connectivity index (χ3n) is 2.01. The summed E-state index contributed by atoms with van der Waals surface area (Å²) in [4.78, 5) is 0. The molecule has 1 aromatic rings. The molecule has 102 valence electrons. The number of alkyl halides is 3. The molecule has 0 aliphatic rings. The molecule has 0 fully saturated rings. The Morgan fingerprint density at radius 3 is 2.39 bits per heavy atom. The van der Waals surface area contributed by atoms with E-state index in [1.54, 1.807) is 24.3 Å². The average molecular weight is 263 g/mol. The summed E-state index contributed by atoms with van der Waals surface area (Å²) in [5, 5.41) is 2.95. The molecule has 0 unspecified atom stereocenters. The number of rotatable bonds is 7. The van der Waals surface area contributed by atoms with Gasteiger partial charge in [-0.2, -0.15) is 13.2 Å². The lowest BCUT2D eigenvalue weighted by Crippen LogP contribution is -2.20. The molecule has 0 bridgehead atoms. The molecule has 1 rings (SSSR count). The Morgan fingerprint density at radius 1 is 1.17 bits per heavy atom. The zero-order chi connectivity index (χ0) is 13.4. The van der Waals surface area contributed by atoms with Gasteiger partial charge < -0.3 is 14.8 Å². The van der Waals surface area contributed by atoms with Crippen molar-refractivity contribution in [2.24, 2.45) is 0 Å².